The third kappa shape index (κ3) is 3.07. The standard InChI is InChI=1S/C13H17N3O2/c1-13(2,18)8-14-12(17)7-16-9-15-10-5-3-4-6-11(10)16/h3-6,9,18H,7-8H2,1-2H3,(H,14,17). The number of carbonyl (C=O) groups is 1. The highest BCUT2D eigenvalue weighted by atomic mass is 16.3. The van der Waals surface area contributed by atoms with Crippen molar-refractivity contribution in [3.63, 3.8) is 0 Å². The first-order valence-corrected chi connectivity index (χ1v) is 5.85. The summed E-state index contributed by atoms with van der Waals surface area (Å²) in [5.41, 5.74) is 0.899. The minimum Gasteiger partial charge on any atom is -0.389 e. The topological polar surface area (TPSA) is 67.2 Å². The minimum atomic E-state index is -0.896. The normalized spacial score (nSPS) is 11.7. The third-order valence-corrected chi connectivity index (χ3v) is 2.56. The quantitative estimate of drug-likeness (QED) is 0.844. The smallest absolute Gasteiger partial charge is 0.240 e. The fraction of sp³-hybridized carbons (Fsp3) is 0.385. The van der Waals surface area contributed by atoms with Gasteiger partial charge >= 0.3 is 0 Å². The summed E-state index contributed by atoms with van der Waals surface area (Å²) in [6.07, 6.45) is 1.65. The zero-order chi connectivity index (χ0) is 13.2. The molecule has 2 rings (SSSR count). The van der Waals surface area contributed by atoms with Crippen molar-refractivity contribution in [3.05, 3.63) is 30.6 Å². The lowest BCUT2D eigenvalue weighted by Gasteiger charge is -2.17. The molecule has 0 saturated heterocycles. The summed E-state index contributed by atoms with van der Waals surface area (Å²) in [6.45, 7) is 3.74. The Balaban J connectivity index is 2.03. The molecule has 0 saturated carbocycles. The molecule has 18 heavy (non-hydrogen) atoms. The van der Waals surface area contributed by atoms with Crippen LogP contribution in [0.4, 0.5) is 0 Å². The largest absolute Gasteiger partial charge is 0.389 e. The summed E-state index contributed by atoms with van der Waals surface area (Å²) in [6, 6.07) is 7.65. The number of aliphatic hydroxyl groups is 1. The van der Waals surface area contributed by atoms with Crippen LogP contribution in [0.5, 0.6) is 0 Å². The van der Waals surface area contributed by atoms with Crippen LogP contribution in [-0.2, 0) is 11.3 Å². The second-order valence-electron chi connectivity index (χ2n) is 4.95. The number of carbonyl (C=O) groups excluding carboxylic acids is 1. The van der Waals surface area contributed by atoms with E-state index in [1.54, 1.807) is 24.7 Å². The number of fused-ring (bicyclic) bond motifs is 1. The molecule has 1 aromatic carbocycles. The Morgan fingerprint density at radius 1 is 1.44 bits per heavy atom. The molecule has 1 amide bonds. The number of nitrogens with zero attached hydrogens (tertiary/aromatic N) is 2. The number of hydrogen-bond acceptors (Lipinski definition) is 3. The van der Waals surface area contributed by atoms with Crippen LogP contribution in [0.1, 0.15) is 13.8 Å². The van der Waals surface area contributed by atoms with Crippen LogP contribution in [0.15, 0.2) is 30.6 Å². The lowest BCUT2D eigenvalue weighted by Crippen LogP contribution is -2.39. The summed E-state index contributed by atoms with van der Waals surface area (Å²) in [4.78, 5) is 15.9. The third-order valence-electron chi connectivity index (χ3n) is 2.56. The minimum absolute atomic E-state index is 0.139. The maximum Gasteiger partial charge on any atom is 0.240 e. The summed E-state index contributed by atoms with van der Waals surface area (Å²) >= 11 is 0. The molecule has 0 fully saturated rings. The van der Waals surface area contributed by atoms with Gasteiger partial charge in [-0.1, -0.05) is 12.1 Å². The molecule has 96 valence electrons. The number of nitrogens with one attached hydrogen (secondary N) is 1. The monoisotopic (exact) mass is 247 g/mol. The molecule has 0 spiro atoms. The fourth-order valence-electron chi connectivity index (χ4n) is 1.66. The Morgan fingerprint density at radius 3 is 2.89 bits per heavy atom. The van der Waals surface area contributed by atoms with Gasteiger partial charge in [0.25, 0.3) is 0 Å². The van der Waals surface area contributed by atoms with Crippen molar-refractivity contribution in [3.8, 4) is 0 Å². The molecular formula is C13H17N3O2. The molecule has 0 aliphatic carbocycles. The SMILES string of the molecule is CC(C)(O)CNC(=O)Cn1cnc2ccccc21. The molecule has 0 bridgehead atoms. The van der Waals surface area contributed by atoms with Crippen LogP contribution in [-0.4, -0.2) is 32.7 Å². The van der Waals surface area contributed by atoms with Crippen molar-refractivity contribution >= 4 is 16.9 Å². The Morgan fingerprint density at radius 2 is 2.17 bits per heavy atom. The van der Waals surface area contributed by atoms with E-state index in [-0.39, 0.29) is 19.0 Å². The molecule has 0 radical (unpaired) electrons. The van der Waals surface area contributed by atoms with Crippen LogP contribution in [0.25, 0.3) is 11.0 Å². The van der Waals surface area contributed by atoms with Crippen molar-refractivity contribution in [2.24, 2.45) is 0 Å². The zero-order valence-corrected chi connectivity index (χ0v) is 10.6. The van der Waals surface area contributed by atoms with Crippen LogP contribution >= 0.6 is 0 Å². The highest BCUT2D eigenvalue weighted by Gasteiger charge is 2.14. The van der Waals surface area contributed by atoms with Gasteiger partial charge in [-0.25, -0.2) is 4.98 Å². The number of rotatable bonds is 4. The van der Waals surface area contributed by atoms with Gasteiger partial charge in [0.2, 0.25) is 5.91 Å². The zero-order valence-electron chi connectivity index (χ0n) is 10.6. The molecule has 1 aromatic heterocycles. The van der Waals surface area contributed by atoms with Crippen LogP contribution < -0.4 is 5.32 Å². The number of para-hydroxylation sites is 2. The lowest BCUT2D eigenvalue weighted by atomic mass is 10.1. The van der Waals surface area contributed by atoms with Crippen molar-refractivity contribution in [1.29, 1.82) is 0 Å². The predicted molar refractivity (Wildman–Crippen MR) is 69.0 cm³/mol. The van der Waals surface area contributed by atoms with Gasteiger partial charge in [0.1, 0.15) is 6.54 Å². The van der Waals surface area contributed by atoms with Crippen molar-refractivity contribution < 1.29 is 9.90 Å². The van der Waals surface area contributed by atoms with Crippen LogP contribution in [0.3, 0.4) is 0 Å². The molecular weight excluding hydrogens is 230 g/mol. The van der Waals surface area contributed by atoms with E-state index in [0.717, 1.165) is 11.0 Å². The maximum atomic E-state index is 11.7. The van der Waals surface area contributed by atoms with Gasteiger partial charge in [0, 0.05) is 6.54 Å². The summed E-state index contributed by atoms with van der Waals surface area (Å²) < 4.78 is 1.79. The number of benzene rings is 1. The lowest BCUT2D eigenvalue weighted by molar-refractivity contribution is -0.122. The van der Waals surface area contributed by atoms with Crippen molar-refractivity contribution in [2.75, 3.05) is 6.54 Å². The van der Waals surface area contributed by atoms with E-state index >= 15 is 0 Å². The van der Waals surface area contributed by atoms with Gasteiger partial charge in [-0.2, -0.15) is 0 Å². The first-order chi connectivity index (χ1) is 8.46. The average molecular weight is 247 g/mol. The van der Waals surface area contributed by atoms with E-state index in [1.165, 1.54) is 0 Å². The molecule has 5 heteroatoms. The molecule has 5 nitrogen and oxygen atoms in total. The van der Waals surface area contributed by atoms with Gasteiger partial charge < -0.3 is 15.0 Å². The molecule has 0 atom stereocenters. The summed E-state index contributed by atoms with van der Waals surface area (Å²) in [5.74, 6) is -0.139. The fourth-order valence-corrected chi connectivity index (χ4v) is 1.66. The van der Waals surface area contributed by atoms with E-state index in [2.05, 4.69) is 10.3 Å². The molecule has 1 heterocycles. The van der Waals surface area contributed by atoms with Gasteiger partial charge in [0.15, 0.2) is 0 Å². The molecule has 0 aliphatic rings. The van der Waals surface area contributed by atoms with E-state index in [4.69, 9.17) is 0 Å². The van der Waals surface area contributed by atoms with Crippen molar-refractivity contribution in [1.82, 2.24) is 14.9 Å². The van der Waals surface area contributed by atoms with Gasteiger partial charge in [-0.05, 0) is 26.0 Å². The Hall–Kier alpha value is -1.88. The number of amides is 1. The number of imidazole rings is 1. The van der Waals surface area contributed by atoms with Crippen LogP contribution in [0.2, 0.25) is 0 Å². The van der Waals surface area contributed by atoms with E-state index < -0.39 is 5.60 Å². The maximum absolute atomic E-state index is 11.7. The average Bonchev–Trinajstić information content (AvgIpc) is 2.70. The number of hydrogen-bond donors (Lipinski definition) is 2. The summed E-state index contributed by atoms with van der Waals surface area (Å²) in [5, 5.41) is 12.2. The molecule has 0 unspecified atom stereocenters. The second-order valence-corrected chi connectivity index (χ2v) is 4.95. The van der Waals surface area contributed by atoms with Crippen LogP contribution in [0, 0.1) is 0 Å². The molecule has 0 aliphatic heterocycles. The van der Waals surface area contributed by atoms with E-state index in [1.807, 2.05) is 24.3 Å². The molecule has 2 aromatic rings. The van der Waals surface area contributed by atoms with Gasteiger partial charge in [-0.3, -0.25) is 4.79 Å². The Bertz CT molecular complexity index is 555. The first kappa shape index (κ1) is 12.6. The Kier molecular flexibility index (Phi) is 3.34. The highest BCUT2D eigenvalue weighted by molar-refractivity contribution is 5.80. The predicted octanol–water partition coefficient (Wildman–Crippen LogP) is 0.923. The highest BCUT2D eigenvalue weighted by Crippen LogP contribution is 2.11. The van der Waals surface area contributed by atoms with Crippen molar-refractivity contribution in [2.45, 2.75) is 26.0 Å². The number of aromatic nitrogens is 2. The van der Waals surface area contributed by atoms with E-state index in [9.17, 15) is 9.90 Å². The first-order valence-electron chi connectivity index (χ1n) is 5.85. The molecule has 2 N–H and O–H groups in total. The second kappa shape index (κ2) is 4.78. The summed E-state index contributed by atoms with van der Waals surface area (Å²) in [7, 11) is 0. The van der Waals surface area contributed by atoms with Gasteiger partial charge in [0.05, 0.1) is 23.0 Å². The van der Waals surface area contributed by atoms with Gasteiger partial charge in [-0.15, -0.1) is 0 Å². The van der Waals surface area contributed by atoms with E-state index in [0.29, 0.717) is 0 Å². The Labute approximate surface area is 105 Å².